The Morgan fingerprint density at radius 2 is 2.55 bits per heavy atom. The van der Waals surface area contributed by atoms with E-state index in [0.29, 0.717) is 6.42 Å². The van der Waals surface area contributed by atoms with Crippen LogP contribution in [-0.2, 0) is 18.3 Å². The molecule has 0 aromatic carbocycles. The van der Waals surface area contributed by atoms with E-state index in [9.17, 15) is 4.79 Å². The van der Waals surface area contributed by atoms with Gasteiger partial charge in [-0.3, -0.25) is 4.79 Å². The molecule has 0 aliphatic carbocycles. The predicted molar refractivity (Wildman–Crippen MR) is 37.0 cm³/mol. The van der Waals surface area contributed by atoms with Gasteiger partial charge < -0.3 is 5.11 Å². The summed E-state index contributed by atoms with van der Waals surface area (Å²) in [7, 11) is 1.70. The number of rotatable bonds is 3. The summed E-state index contributed by atoms with van der Waals surface area (Å²) < 4.78 is 0. The highest BCUT2D eigenvalue weighted by atomic mass is 16.4. The van der Waals surface area contributed by atoms with E-state index in [1.165, 1.54) is 4.80 Å². The summed E-state index contributed by atoms with van der Waals surface area (Å²) in [5, 5.41) is 16.1. The van der Waals surface area contributed by atoms with Gasteiger partial charge in [0, 0.05) is 13.5 Å². The first kappa shape index (κ1) is 7.71. The van der Waals surface area contributed by atoms with Crippen LogP contribution in [0, 0.1) is 0 Å². The Morgan fingerprint density at radius 3 is 3.00 bits per heavy atom. The van der Waals surface area contributed by atoms with E-state index >= 15 is 0 Å². The average molecular weight is 155 g/mol. The zero-order valence-electron chi connectivity index (χ0n) is 6.19. The minimum Gasteiger partial charge on any atom is -0.481 e. The molecular formula is C6H9N3O2. The van der Waals surface area contributed by atoms with Gasteiger partial charge in [-0.25, -0.2) is 0 Å². The van der Waals surface area contributed by atoms with Crippen LogP contribution in [-0.4, -0.2) is 26.1 Å². The maximum atomic E-state index is 10.1. The Morgan fingerprint density at radius 1 is 1.82 bits per heavy atom. The Hall–Kier alpha value is -1.39. The van der Waals surface area contributed by atoms with Crippen molar-refractivity contribution in [1.82, 2.24) is 15.0 Å². The number of aryl methyl sites for hydroxylation is 2. The van der Waals surface area contributed by atoms with Gasteiger partial charge in [-0.15, -0.1) is 0 Å². The number of hydrogen-bond acceptors (Lipinski definition) is 3. The van der Waals surface area contributed by atoms with Gasteiger partial charge >= 0.3 is 5.97 Å². The van der Waals surface area contributed by atoms with Crippen LogP contribution in [0.25, 0.3) is 0 Å². The monoisotopic (exact) mass is 155 g/mol. The molecule has 0 aliphatic heterocycles. The number of carboxylic acids is 1. The largest absolute Gasteiger partial charge is 0.481 e. The molecule has 11 heavy (non-hydrogen) atoms. The molecule has 0 bridgehead atoms. The molecule has 60 valence electrons. The van der Waals surface area contributed by atoms with Crippen LogP contribution >= 0.6 is 0 Å². The lowest BCUT2D eigenvalue weighted by Crippen LogP contribution is -1.99. The Kier molecular flexibility index (Phi) is 2.20. The summed E-state index contributed by atoms with van der Waals surface area (Å²) in [6, 6.07) is 0. The van der Waals surface area contributed by atoms with Crippen molar-refractivity contribution < 1.29 is 9.90 Å². The number of aromatic nitrogens is 3. The predicted octanol–water partition coefficient (Wildman–Crippen LogP) is -0.168. The summed E-state index contributed by atoms with van der Waals surface area (Å²) in [6.45, 7) is 0. The van der Waals surface area contributed by atoms with Gasteiger partial charge in [0.25, 0.3) is 0 Å². The highest BCUT2D eigenvalue weighted by Gasteiger charge is 2.01. The van der Waals surface area contributed by atoms with E-state index in [0.717, 1.165) is 5.69 Å². The molecule has 0 saturated carbocycles. The second-order valence-corrected chi connectivity index (χ2v) is 2.22. The van der Waals surface area contributed by atoms with Gasteiger partial charge in [0.2, 0.25) is 0 Å². The number of hydrogen-bond donors (Lipinski definition) is 1. The molecule has 5 nitrogen and oxygen atoms in total. The summed E-state index contributed by atoms with van der Waals surface area (Å²) in [4.78, 5) is 11.5. The van der Waals surface area contributed by atoms with Crippen molar-refractivity contribution in [3.63, 3.8) is 0 Å². The fourth-order valence-electron chi connectivity index (χ4n) is 0.737. The summed E-state index contributed by atoms with van der Waals surface area (Å²) in [5.74, 6) is -0.810. The maximum absolute atomic E-state index is 10.1. The topological polar surface area (TPSA) is 68.0 Å². The minimum atomic E-state index is -0.810. The lowest BCUT2D eigenvalue weighted by atomic mass is 10.2. The first-order valence-electron chi connectivity index (χ1n) is 3.25. The van der Waals surface area contributed by atoms with Gasteiger partial charge in [0.05, 0.1) is 18.3 Å². The third kappa shape index (κ3) is 2.37. The lowest BCUT2D eigenvalue weighted by molar-refractivity contribution is -0.136. The average Bonchev–Trinajstić information content (AvgIpc) is 2.31. The van der Waals surface area contributed by atoms with Crippen LogP contribution in [0.3, 0.4) is 0 Å². The molecule has 1 N–H and O–H groups in total. The molecule has 0 unspecified atom stereocenters. The zero-order valence-corrected chi connectivity index (χ0v) is 6.19. The zero-order chi connectivity index (χ0) is 8.27. The number of carbonyl (C=O) groups is 1. The smallest absolute Gasteiger partial charge is 0.303 e. The summed E-state index contributed by atoms with van der Waals surface area (Å²) >= 11 is 0. The van der Waals surface area contributed by atoms with Crippen LogP contribution in [0.4, 0.5) is 0 Å². The maximum Gasteiger partial charge on any atom is 0.303 e. The Balaban J connectivity index is 2.45. The first-order chi connectivity index (χ1) is 5.18. The van der Waals surface area contributed by atoms with E-state index in [1.807, 2.05) is 0 Å². The van der Waals surface area contributed by atoms with Gasteiger partial charge in [-0.05, 0) is 0 Å². The number of carboxylic acid groups (broad SMARTS) is 1. The molecular weight excluding hydrogens is 146 g/mol. The fourth-order valence-corrected chi connectivity index (χ4v) is 0.737. The molecule has 0 fully saturated rings. The van der Waals surface area contributed by atoms with Gasteiger partial charge in [0.1, 0.15) is 0 Å². The molecule has 0 atom stereocenters. The molecule has 0 saturated heterocycles. The minimum absolute atomic E-state index is 0.110. The van der Waals surface area contributed by atoms with Crippen LogP contribution in [0.5, 0.6) is 0 Å². The third-order valence-corrected chi connectivity index (χ3v) is 1.24. The fraction of sp³-hybridized carbons (Fsp3) is 0.500. The second kappa shape index (κ2) is 3.14. The first-order valence-corrected chi connectivity index (χ1v) is 3.25. The van der Waals surface area contributed by atoms with E-state index in [2.05, 4.69) is 10.2 Å². The van der Waals surface area contributed by atoms with Gasteiger partial charge in [-0.1, -0.05) is 0 Å². The number of aliphatic carboxylic acids is 1. The SMILES string of the molecule is Cn1ncc(CCC(=O)O)n1. The molecule has 0 amide bonds. The highest BCUT2D eigenvalue weighted by molar-refractivity contribution is 5.66. The lowest BCUT2D eigenvalue weighted by Gasteiger charge is -1.88. The van der Waals surface area contributed by atoms with E-state index in [1.54, 1.807) is 13.2 Å². The van der Waals surface area contributed by atoms with E-state index in [4.69, 9.17) is 5.11 Å². The molecule has 0 radical (unpaired) electrons. The number of nitrogens with zero attached hydrogens (tertiary/aromatic N) is 3. The van der Waals surface area contributed by atoms with Gasteiger partial charge in [0.15, 0.2) is 0 Å². The molecule has 1 rings (SSSR count). The van der Waals surface area contributed by atoms with Gasteiger partial charge in [-0.2, -0.15) is 15.0 Å². The van der Waals surface area contributed by atoms with Crippen LogP contribution in [0.15, 0.2) is 6.20 Å². The molecule has 5 heteroatoms. The van der Waals surface area contributed by atoms with Crippen LogP contribution < -0.4 is 0 Å². The van der Waals surface area contributed by atoms with Crippen molar-refractivity contribution in [2.45, 2.75) is 12.8 Å². The van der Waals surface area contributed by atoms with Crippen molar-refractivity contribution in [1.29, 1.82) is 0 Å². The normalized spacial score (nSPS) is 9.91. The van der Waals surface area contributed by atoms with E-state index < -0.39 is 5.97 Å². The third-order valence-electron chi connectivity index (χ3n) is 1.24. The molecule has 0 aliphatic rings. The standard InChI is InChI=1S/C6H9N3O2/c1-9-7-4-5(8-9)2-3-6(10)11/h4H,2-3H2,1H3,(H,10,11). The van der Waals surface area contributed by atoms with Crippen molar-refractivity contribution in [2.24, 2.45) is 7.05 Å². The molecule has 1 aromatic rings. The highest BCUT2D eigenvalue weighted by Crippen LogP contribution is 1.95. The molecule has 1 heterocycles. The van der Waals surface area contributed by atoms with Crippen molar-refractivity contribution in [3.05, 3.63) is 11.9 Å². The van der Waals surface area contributed by atoms with Crippen molar-refractivity contribution >= 4 is 5.97 Å². The molecule has 0 spiro atoms. The Bertz CT molecular complexity index is 256. The summed E-state index contributed by atoms with van der Waals surface area (Å²) in [6.07, 6.45) is 2.13. The Labute approximate surface area is 63.6 Å². The van der Waals surface area contributed by atoms with Crippen molar-refractivity contribution in [2.75, 3.05) is 0 Å². The van der Waals surface area contributed by atoms with Crippen LogP contribution in [0.1, 0.15) is 12.1 Å². The van der Waals surface area contributed by atoms with Crippen LogP contribution in [0.2, 0.25) is 0 Å². The quantitative estimate of drug-likeness (QED) is 0.658. The second-order valence-electron chi connectivity index (χ2n) is 2.22. The molecule has 1 aromatic heterocycles. The summed E-state index contributed by atoms with van der Waals surface area (Å²) in [5.41, 5.74) is 0.718. The van der Waals surface area contributed by atoms with Crippen molar-refractivity contribution in [3.8, 4) is 0 Å². The van der Waals surface area contributed by atoms with E-state index in [-0.39, 0.29) is 6.42 Å².